The van der Waals surface area contributed by atoms with Crippen LogP contribution in [-0.2, 0) is 13.2 Å². The second-order valence-corrected chi connectivity index (χ2v) is 11.7. The summed E-state index contributed by atoms with van der Waals surface area (Å²) in [6.45, 7) is 13.9. The van der Waals surface area contributed by atoms with Gasteiger partial charge in [0.25, 0.3) is 5.56 Å². The molecule has 0 spiro atoms. The number of nitrogens with zero attached hydrogens (tertiary/aromatic N) is 1. The van der Waals surface area contributed by atoms with Crippen molar-refractivity contribution in [3.8, 4) is 17.2 Å². The summed E-state index contributed by atoms with van der Waals surface area (Å²) in [6.07, 6.45) is 13.1. The van der Waals surface area contributed by atoms with Crippen LogP contribution < -0.4 is 19.8 Å². The van der Waals surface area contributed by atoms with Crippen LogP contribution in [0.3, 0.4) is 0 Å². The highest BCUT2D eigenvalue weighted by Gasteiger charge is 2.21. The van der Waals surface area contributed by atoms with E-state index in [1.807, 2.05) is 66.9 Å². The molecule has 1 heterocycles. The molecule has 0 N–H and O–H groups in total. The number of ether oxygens (including phenoxy) is 3. The lowest BCUT2D eigenvalue weighted by atomic mass is 10.1. The third kappa shape index (κ3) is 10.4. The molecule has 0 atom stereocenters. The van der Waals surface area contributed by atoms with Gasteiger partial charge in [0, 0.05) is 18.0 Å². The van der Waals surface area contributed by atoms with Gasteiger partial charge in [-0.2, -0.15) is 0 Å². The minimum absolute atomic E-state index is 0.149. The number of pyridine rings is 1. The van der Waals surface area contributed by atoms with Crippen LogP contribution in [0.4, 0.5) is 0 Å². The third-order valence-corrected chi connectivity index (χ3v) is 7.24. The first-order valence-electron chi connectivity index (χ1n) is 15.8. The van der Waals surface area contributed by atoms with Gasteiger partial charge < -0.3 is 18.8 Å². The number of unbranched alkanes of at least 4 members (excludes halogenated alkanes) is 5. The number of allylic oxidation sites excluding steroid dienone is 3. The lowest BCUT2D eigenvalue weighted by Crippen LogP contribution is -2.25. The van der Waals surface area contributed by atoms with Gasteiger partial charge in [-0.3, -0.25) is 4.79 Å². The van der Waals surface area contributed by atoms with Crippen LogP contribution in [-0.4, -0.2) is 17.3 Å². The number of rotatable bonds is 18. The summed E-state index contributed by atoms with van der Waals surface area (Å²) in [5, 5.41) is 0.860. The molecule has 0 aliphatic heterocycles. The summed E-state index contributed by atoms with van der Waals surface area (Å²) < 4.78 is 20.5. The van der Waals surface area contributed by atoms with E-state index in [-0.39, 0.29) is 17.4 Å². The first kappa shape index (κ1) is 33.0. The molecule has 0 fully saturated rings. The Kier molecular flexibility index (Phi) is 13.7. The molecule has 0 bridgehead atoms. The van der Waals surface area contributed by atoms with Gasteiger partial charge in [-0.15, -0.1) is 0 Å². The fraction of sp³-hybridized carbons (Fsp3) is 0.486. The average molecular weight is 574 g/mol. The zero-order valence-corrected chi connectivity index (χ0v) is 26.7. The highest BCUT2D eigenvalue weighted by Crippen LogP contribution is 2.36. The van der Waals surface area contributed by atoms with E-state index in [1.165, 1.54) is 36.8 Å². The van der Waals surface area contributed by atoms with Gasteiger partial charge in [-0.25, -0.2) is 0 Å². The van der Waals surface area contributed by atoms with Crippen LogP contribution in [0.25, 0.3) is 10.9 Å². The molecule has 0 radical (unpaired) electrons. The van der Waals surface area contributed by atoms with E-state index in [0.717, 1.165) is 47.9 Å². The van der Waals surface area contributed by atoms with Crippen molar-refractivity contribution in [3.63, 3.8) is 0 Å². The molecule has 228 valence electrons. The molecule has 3 aromatic rings. The first-order valence-corrected chi connectivity index (χ1v) is 15.8. The van der Waals surface area contributed by atoms with E-state index < -0.39 is 0 Å². The monoisotopic (exact) mass is 573 g/mol. The Labute approximate surface area is 253 Å². The maximum absolute atomic E-state index is 14.0. The Hall–Kier alpha value is -3.47. The average Bonchev–Trinajstić information content (AvgIpc) is 2.96. The number of fused-ring (bicyclic) bond motifs is 1. The number of aryl methyl sites for hydroxylation is 1. The zero-order valence-electron chi connectivity index (χ0n) is 26.7. The highest BCUT2D eigenvalue weighted by molar-refractivity contribution is 5.89. The van der Waals surface area contributed by atoms with Crippen molar-refractivity contribution in [2.45, 2.75) is 112 Å². The van der Waals surface area contributed by atoms with Crippen LogP contribution in [0, 0.1) is 0 Å². The van der Waals surface area contributed by atoms with Gasteiger partial charge in [0.05, 0.1) is 11.6 Å². The summed E-state index contributed by atoms with van der Waals surface area (Å²) in [5.41, 5.74) is 4.35. The van der Waals surface area contributed by atoms with Crippen LogP contribution in [0.5, 0.6) is 17.2 Å². The van der Waals surface area contributed by atoms with Gasteiger partial charge >= 0.3 is 0 Å². The molecular weight excluding hydrogens is 522 g/mol. The molecule has 2 aromatic carbocycles. The molecule has 0 aliphatic rings. The smallest absolute Gasteiger partial charge is 0.297 e. The summed E-state index contributed by atoms with van der Waals surface area (Å²) in [6, 6.07) is 16.0. The second-order valence-electron chi connectivity index (χ2n) is 11.7. The fourth-order valence-corrected chi connectivity index (χ4v) is 4.92. The molecule has 0 saturated heterocycles. The van der Waals surface area contributed by atoms with Crippen LogP contribution in [0.2, 0.25) is 0 Å². The maximum atomic E-state index is 14.0. The Morgan fingerprint density at radius 2 is 1.62 bits per heavy atom. The van der Waals surface area contributed by atoms with Gasteiger partial charge in [0.2, 0.25) is 5.75 Å². The standard InChI is InChI=1S/C37H51NO4/c1-7-8-9-10-11-15-24-38-34-26-32(41-27-31-19-13-12-14-20-31)21-22-33(34)35(36(37(38)39)42-29(4)5)40-25-23-30(6)18-16-17-28(2)3/h12-14,17,19-23,26,29H,7-11,15-16,18,24-25,27H2,1-6H3/b30-23+. The predicted octanol–water partition coefficient (Wildman–Crippen LogP) is 9.80. The van der Waals surface area contributed by atoms with E-state index >= 15 is 0 Å². The second kappa shape index (κ2) is 17.5. The summed E-state index contributed by atoms with van der Waals surface area (Å²) in [4.78, 5) is 14.0. The van der Waals surface area contributed by atoms with Crippen LogP contribution >= 0.6 is 0 Å². The largest absolute Gasteiger partial charge is 0.489 e. The lowest BCUT2D eigenvalue weighted by Gasteiger charge is -2.20. The van der Waals surface area contributed by atoms with E-state index in [0.29, 0.717) is 25.5 Å². The fourth-order valence-electron chi connectivity index (χ4n) is 4.92. The molecule has 5 nitrogen and oxygen atoms in total. The SMILES string of the molecule is CCCCCCCCn1c(=O)c(OC(C)C)c(OC/C=C(\C)CCC=C(C)C)c2ccc(OCc3ccccc3)cc21. The van der Waals surface area contributed by atoms with Crippen molar-refractivity contribution in [1.82, 2.24) is 4.57 Å². The Morgan fingerprint density at radius 3 is 2.33 bits per heavy atom. The van der Waals surface area contributed by atoms with Crippen molar-refractivity contribution in [2.24, 2.45) is 0 Å². The summed E-state index contributed by atoms with van der Waals surface area (Å²) in [7, 11) is 0. The van der Waals surface area contributed by atoms with Gasteiger partial charge in [-0.05, 0) is 77.7 Å². The first-order chi connectivity index (χ1) is 20.3. The van der Waals surface area contributed by atoms with Gasteiger partial charge in [0.15, 0.2) is 5.75 Å². The molecule has 42 heavy (non-hydrogen) atoms. The quantitative estimate of drug-likeness (QED) is 0.112. The summed E-state index contributed by atoms with van der Waals surface area (Å²) in [5.74, 6) is 1.52. The predicted molar refractivity (Wildman–Crippen MR) is 176 cm³/mol. The molecule has 0 aliphatic carbocycles. The lowest BCUT2D eigenvalue weighted by molar-refractivity contribution is 0.222. The number of hydrogen-bond donors (Lipinski definition) is 0. The topological polar surface area (TPSA) is 49.7 Å². The Morgan fingerprint density at radius 1 is 0.881 bits per heavy atom. The van der Waals surface area contributed by atoms with Crippen LogP contribution in [0.1, 0.15) is 98.5 Å². The maximum Gasteiger partial charge on any atom is 0.297 e. The van der Waals surface area contributed by atoms with Crippen molar-refractivity contribution in [2.75, 3.05) is 6.61 Å². The molecular formula is C37H51NO4. The third-order valence-electron chi connectivity index (χ3n) is 7.24. The van der Waals surface area contributed by atoms with E-state index in [4.69, 9.17) is 14.2 Å². The zero-order chi connectivity index (χ0) is 30.3. The highest BCUT2D eigenvalue weighted by atomic mass is 16.5. The van der Waals surface area contributed by atoms with Gasteiger partial charge in [0.1, 0.15) is 19.0 Å². The van der Waals surface area contributed by atoms with E-state index in [1.54, 1.807) is 0 Å². The molecule has 5 heteroatoms. The summed E-state index contributed by atoms with van der Waals surface area (Å²) >= 11 is 0. The van der Waals surface area contributed by atoms with Crippen molar-refractivity contribution < 1.29 is 14.2 Å². The van der Waals surface area contributed by atoms with Gasteiger partial charge in [-0.1, -0.05) is 86.6 Å². The molecule has 1 aromatic heterocycles. The normalized spacial score (nSPS) is 11.6. The minimum Gasteiger partial charge on any atom is -0.489 e. The van der Waals surface area contributed by atoms with E-state index in [9.17, 15) is 4.79 Å². The van der Waals surface area contributed by atoms with Crippen LogP contribution in [0.15, 0.2) is 76.6 Å². The Bertz CT molecular complexity index is 1360. The molecule has 0 saturated carbocycles. The minimum atomic E-state index is -0.158. The number of hydrogen-bond acceptors (Lipinski definition) is 4. The molecule has 0 unspecified atom stereocenters. The molecule has 0 amide bonds. The van der Waals surface area contributed by atoms with Crippen molar-refractivity contribution in [3.05, 3.63) is 87.7 Å². The van der Waals surface area contributed by atoms with E-state index in [2.05, 4.69) is 39.8 Å². The Balaban J connectivity index is 1.96. The van der Waals surface area contributed by atoms with Crippen molar-refractivity contribution >= 4 is 10.9 Å². The van der Waals surface area contributed by atoms with Crippen molar-refractivity contribution in [1.29, 1.82) is 0 Å². The number of aromatic nitrogens is 1. The molecule has 3 rings (SSSR count). The number of benzene rings is 2.